The molecule has 0 fully saturated rings. The fraction of sp³-hybridized carbons (Fsp3) is 0.226. The highest BCUT2D eigenvalue weighted by Gasteiger charge is 2.16. The molecule has 2 N–H and O–H groups in total. The van der Waals surface area contributed by atoms with Crippen molar-refractivity contribution in [3.63, 3.8) is 0 Å². The molecule has 2 heterocycles. The molecule has 0 radical (unpaired) electrons. The van der Waals surface area contributed by atoms with Crippen LogP contribution >= 0.6 is 0 Å². The van der Waals surface area contributed by atoms with Crippen molar-refractivity contribution in [2.75, 3.05) is 44.0 Å². The van der Waals surface area contributed by atoms with Gasteiger partial charge in [-0.3, -0.25) is 0 Å². The highest BCUT2D eigenvalue weighted by molar-refractivity contribution is 5.86. The quantitative estimate of drug-likeness (QED) is 0.179. The van der Waals surface area contributed by atoms with E-state index in [0.29, 0.717) is 29.9 Å². The van der Waals surface area contributed by atoms with Gasteiger partial charge in [-0.15, -0.1) is 0 Å². The normalized spacial score (nSPS) is 11.1. The maximum Gasteiger partial charge on any atom is 0.229 e. The number of fused-ring (bicyclic) bond motifs is 1. The molecule has 8 nitrogen and oxygen atoms in total. The summed E-state index contributed by atoms with van der Waals surface area (Å²) in [6.07, 6.45) is 1.76. The van der Waals surface area contributed by atoms with Crippen molar-refractivity contribution in [2.45, 2.75) is 13.8 Å². The maximum absolute atomic E-state index is 6.13. The third kappa shape index (κ3) is 6.30. The van der Waals surface area contributed by atoms with Crippen molar-refractivity contribution >= 4 is 34.1 Å². The zero-order valence-corrected chi connectivity index (χ0v) is 22.5. The number of aromatic nitrogens is 2. The van der Waals surface area contributed by atoms with Crippen LogP contribution in [0.3, 0.4) is 0 Å². The number of ether oxygens (including phenoxy) is 2. The summed E-state index contributed by atoms with van der Waals surface area (Å²) >= 11 is 0. The molecule has 0 unspecified atom stereocenters. The Hall–Kier alpha value is -4.56. The molecule has 0 spiro atoms. The van der Waals surface area contributed by atoms with Crippen LogP contribution in [0.1, 0.15) is 13.8 Å². The molecule has 0 bridgehead atoms. The lowest BCUT2D eigenvalue weighted by Gasteiger charge is -2.18. The van der Waals surface area contributed by atoms with E-state index in [-0.39, 0.29) is 0 Å². The van der Waals surface area contributed by atoms with Gasteiger partial charge in [0.25, 0.3) is 0 Å². The van der Waals surface area contributed by atoms with Gasteiger partial charge in [0.05, 0.1) is 18.4 Å². The number of furan rings is 1. The predicted octanol–water partition coefficient (Wildman–Crippen LogP) is 7.11. The second kappa shape index (κ2) is 12.3. The molecule has 0 aliphatic heterocycles. The minimum atomic E-state index is 0.447. The second-order valence-corrected chi connectivity index (χ2v) is 8.95. The first kappa shape index (κ1) is 26.1. The number of nitrogens with one attached hydrogen (secondary N) is 2. The Bertz CT molecular complexity index is 1480. The van der Waals surface area contributed by atoms with E-state index in [9.17, 15) is 0 Å². The summed E-state index contributed by atoms with van der Waals surface area (Å²) in [5, 5.41) is 7.72. The van der Waals surface area contributed by atoms with Crippen LogP contribution in [0.5, 0.6) is 11.5 Å². The third-order valence-corrected chi connectivity index (χ3v) is 6.52. The van der Waals surface area contributed by atoms with E-state index >= 15 is 0 Å². The number of benzene rings is 3. The second-order valence-electron chi connectivity index (χ2n) is 8.95. The molecule has 39 heavy (non-hydrogen) atoms. The number of anilines is 4. The lowest BCUT2D eigenvalue weighted by atomic mass is 10.2. The maximum atomic E-state index is 6.13. The molecule has 0 amide bonds. The molecule has 0 aliphatic rings. The molecule has 8 heteroatoms. The highest BCUT2D eigenvalue weighted by atomic mass is 16.5. The average molecular weight is 524 g/mol. The SMILES string of the molecule is CCN(CC)CCOc1ccc(Nc2ncc(-c3cc4ccccc4o3)c(Nc3ccccc3OC)n2)cc1. The summed E-state index contributed by atoms with van der Waals surface area (Å²) in [5.74, 6) is 3.24. The number of likely N-dealkylation sites (N-methyl/N-ethyl adjacent to an activating group) is 1. The summed E-state index contributed by atoms with van der Waals surface area (Å²) in [4.78, 5) is 11.7. The molecule has 0 atom stereocenters. The Morgan fingerprint density at radius 3 is 2.44 bits per heavy atom. The monoisotopic (exact) mass is 523 g/mol. The largest absolute Gasteiger partial charge is 0.495 e. The topological polar surface area (TPSA) is 84.7 Å². The number of hydrogen-bond acceptors (Lipinski definition) is 8. The zero-order valence-electron chi connectivity index (χ0n) is 22.5. The number of methoxy groups -OCH3 is 1. The summed E-state index contributed by atoms with van der Waals surface area (Å²) < 4.78 is 17.6. The van der Waals surface area contributed by atoms with Gasteiger partial charge in [0.15, 0.2) is 0 Å². The number of rotatable bonds is 12. The van der Waals surface area contributed by atoms with Crippen molar-refractivity contribution in [3.8, 4) is 22.8 Å². The van der Waals surface area contributed by atoms with Gasteiger partial charge in [-0.05, 0) is 61.6 Å². The molecule has 0 aliphatic carbocycles. The van der Waals surface area contributed by atoms with Crippen molar-refractivity contribution in [1.29, 1.82) is 0 Å². The van der Waals surface area contributed by atoms with Crippen molar-refractivity contribution < 1.29 is 13.9 Å². The molecular formula is C31H33N5O3. The van der Waals surface area contributed by atoms with Gasteiger partial charge >= 0.3 is 0 Å². The average Bonchev–Trinajstić information content (AvgIpc) is 3.41. The summed E-state index contributed by atoms with van der Waals surface area (Å²) in [7, 11) is 1.64. The first-order chi connectivity index (χ1) is 19.2. The van der Waals surface area contributed by atoms with Crippen LogP contribution in [0.4, 0.5) is 23.1 Å². The Morgan fingerprint density at radius 1 is 0.897 bits per heavy atom. The molecule has 5 aromatic rings. The fourth-order valence-corrected chi connectivity index (χ4v) is 4.30. The van der Waals surface area contributed by atoms with E-state index in [1.165, 1.54) is 0 Å². The fourth-order valence-electron chi connectivity index (χ4n) is 4.30. The van der Waals surface area contributed by atoms with Crippen LogP contribution in [-0.4, -0.2) is 48.2 Å². The van der Waals surface area contributed by atoms with Gasteiger partial charge < -0.3 is 29.4 Å². The van der Waals surface area contributed by atoms with E-state index in [0.717, 1.165) is 53.3 Å². The smallest absolute Gasteiger partial charge is 0.229 e. The summed E-state index contributed by atoms with van der Waals surface area (Å²) in [6.45, 7) is 7.91. The minimum Gasteiger partial charge on any atom is -0.495 e. The van der Waals surface area contributed by atoms with Gasteiger partial charge in [0.2, 0.25) is 5.95 Å². The molecule has 0 saturated carbocycles. The van der Waals surface area contributed by atoms with E-state index < -0.39 is 0 Å². The van der Waals surface area contributed by atoms with E-state index in [1.54, 1.807) is 13.3 Å². The molecule has 5 rings (SSSR count). The lowest BCUT2D eigenvalue weighted by molar-refractivity contribution is 0.223. The Labute approximate surface area is 228 Å². The van der Waals surface area contributed by atoms with Gasteiger partial charge in [0.1, 0.15) is 35.3 Å². The van der Waals surface area contributed by atoms with Crippen LogP contribution in [0.2, 0.25) is 0 Å². The Balaban J connectivity index is 1.38. The van der Waals surface area contributed by atoms with Crippen molar-refractivity contribution in [1.82, 2.24) is 14.9 Å². The number of nitrogens with zero attached hydrogens (tertiary/aromatic N) is 3. The van der Waals surface area contributed by atoms with Crippen molar-refractivity contribution in [2.24, 2.45) is 0 Å². The standard InChI is InChI=1S/C31H33N5O3/c1-4-36(5-2)18-19-38-24-16-14-23(15-17-24)33-31-32-21-25(29-20-22-10-6-8-12-27(22)39-29)30(35-31)34-26-11-7-9-13-28(26)37-3/h6-17,20-21H,4-5,18-19H2,1-3H3,(H2,32,33,34,35). The van der Waals surface area contributed by atoms with E-state index in [2.05, 4.69) is 34.4 Å². The number of para-hydroxylation sites is 3. The number of hydrogen-bond donors (Lipinski definition) is 2. The van der Waals surface area contributed by atoms with Gasteiger partial charge in [-0.25, -0.2) is 4.98 Å². The molecule has 2 aromatic heterocycles. The van der Waals surface area contributed by atoms with Crippen LogP contribution < -0.4 is 20.1 Å². The van der Waals surface area contributed by atoms with Gasteiger partial charge in [0, 0.05) is 23.8 Å². The zero-order chi connectivity index (χ0) is 27.0. The Kier molecular flexibility index (Phi) is 8.23. The van der Waals surface area contributed by atoms with Crippen LogP contribution in [0, 0.1) is 0 Å². The highest BCUT2D eigenvalue weighted by Crippen LogP contribution is 2.35. The Morgan fingerprint density at radius 2 is 1.67 bits per heavy atom. The predicted molar refractivity (Wildman–Crippen MR) is 157 cm³/mol. The van der Waals surface area contributed by atoms with Crippen LogP contribution in [-0.2, 0) is 0 Å². The van der Waals surface area contributed by atoms with Gasteiger partial charge in [-0.2, -0.15) is 4.98 Å². The summed E-state index contributed by atoms with van der Waals surface area (Å²) in [5.41, 5.74) is 3.18. The molecule has 0 saturated heterocycles. The molecule has 200 valence electrons. The summed E-state index contributed by atoms with van der Waals surface area (Å²) in [6, 6.07) is 25.4. The lowest BCUT2D eigenvalue weighted by Crippen LogP contribution is -2.27. The minimum absolute atomic E-state index is 0.447. The van der Waals surface area contributed by atoms with Crippen LogP contribution in [0.15, 0.2) is 89.5 Å². The van der Waals surface area contributed by atoms with E-state index in [4.69, 9.17) is 18.9 Å². The van der Waals surface area contributed by atoms with Gasteiger partial charge in [-0.1, -0.05) is 44.2 Å². The third-order valence-electron chi connectivity index (χ3n) is 6.52. The van der Waals surface area contributed by atoms with Crippen LogP contribution in [0.25, 0.3) is 22.3 Å². The molecular weight excluding hydrogens is 490 g/mol. The first-order valence-electron chi connectivity index (χ1n) is 13.1. The first-order valence-corrected chi connectivity index (χ1v) is 13.1. The van der Waals surface area contributed by atoms with Crippen molar-refractivity contribution in [3.05, 3.63) is 85.1 Å². The molecule has 3 aromatic carbocycles. The van der Waals surface area contributed by atoms with E-state index in [1.807, 2.05) is 78.9 Å².